The Balaban J connectivity index is 2.35. The summed E-state index contributed by atoms with van der Waals surface area (Å²) in [7, 11) is -2.44. The number of benzene rings is 1. The summed E-state index contributed by atoms with van der Waals surface area (Å²) in [5.41, 5.74) is 1.80. The zero-order valence-electron chi connectivity index (χ0n) is 15.6. The van der Waals surface area contributed by atoms with Crippen molar-refractivity contribution in [2.45, 2.75) is 51.5 Å². The van der Waals surface area contributed by atoms with Gasteiger partial charge in [0, 0.05) is 13.1 Å². The molecule has 0 aliphatic carbocycles. The number of nitrogens with one attached hydrogen (secondary N) is 1. The van der Waals surface area contributed by atoms with Crippen molar-refractivity contribution in [3.63, 3.8) is 0 Å². The Bertz CT molecular complexity index is 738. The molecule has 1 fully saturated rings. The quantitative estimate of drug-likeness (QED) is 0.835. The number of likely N-dealkylation sites (tertiary alicyclic amines) is 1. The predicted octanol–water partition coefficient (Wildman–Crippen LogP) is 2.24. The number of methoxy groups -OCH3 is 1. The Morgan fingerprint density at radius 2 is 1.72 bits per heavy atom. The predicted molar refractivity (Wildman–Crippen MR) is 97.2 cm³/mol. The molecule has 2 rings (SSSR count). The van der Waals surface area contributed by atoms with Gasteiger partial charge in [-0.3, -0.25) is 4.79 Å². The molecular weight excluding hydrogens is 340 g/mol. The van der Waals surface area contributed by atoms with E-state index in [0.717, 1.165) is 24.0 Å². The third kappa shape index (κ3) is 4.33. The molecule has 7 heteroatoms. The first-order chi connectivity index (χ1) is 11.7. The number of sulfonamides is 1. The number of amides is 1. The van der Waals surface area contributed by atoms with Gasteiger partial charge in [-0.2, -0.15) is 4.72 Å². The van der Waals surface area contributed by atoms with E-state index in [0.29, 0.717) is 13.1 Å². The molecule has 1 aromatic carbocycles. The Morgan fingerprint density at radius 1 is 1.16 bits per heavy atom. The van der Waals surface area contributed by atoms with E-state index < -0.39 is 16.1 Å². The van der Waals surface area contributed by atoms with Crippen LogP contribution in [0.5, 0.6) is 5.75 Å². The molecule has 0 unspecified atom stereocenters. The topological polar surface area (TPSA) is 75.7 Å². The van der Waals surface area contributed by atoms with Crippen molar-refractivity contribution in [3.8, 4) is 5.75 Å². The highest BCUT2D eigenvalue weighted by Crippen LogP contribution is 2.28. The van der Waals surface area contributed by atoms with Crippen molar-refractivity contribution >= 4 is 15.9 Å². The zero-order chi connectivity index (χ0) is 18.8. The standard InChI is InChI=1S/C18H28N2O4S/c1-12(2)17(18(21)20-8-6-7-9-20)19-25(22,23)16-11-14(4)13(3)10-15(16)24-5/h10-12,17,19H,6-9H2,1-5H3/t17-/m0/s1. The van der Waals surface area contributed by atoms with Crippen LogP contribution in [0.25, 0.3) is 0 Å². The molecule has 0 radical (unpaired) electrons. The Hall–Kier alpha value is -1.60. The molecule has 0 aromatic heterocycles. The first kappa shape index (κ1) is 19.7. The highest BCUT2D eigenvalue weighted by atomic mass is 32.2. The van der Waals surface area contributed by atoms with Gasteiger partial charge in [0.2, 0.25) is 15.9 Å². The molecule has 1 amide bonds. The van der Waals surface area contributed by atoms with Crippen LogP contribution >= 0.6 is 0 Å². The number of nitrogens with zero attached hydrogens (tertiary/aromatic N) is 1. The van der Waals surface area contributed by atoms with Crippen LogP contribution in [0.2, 0.25) is 0 Å². The summed E-state index contributed by atoms with van der Waals surface area (Å²) in [5, 5.41) is 0. The first-order valence-corrected chi connectivity index (χ1v) is 10.1. The van der Waals surface area contributed by atoms with Crippen molar-refractivity contribution in [3.05, 3.63) is 23.3 Å². The van der Waals surface area contributed by atoms with Gasteiger partial charge in [0.15, 0.2) is 0 Å². The maximum Gasteiger partial charge on any atom is 0.244 e. The molecule has 1 aliphatic rings. The van der Waals surface area contributed by atoms with E-state index >= 15 is 0 Å². The summed E-state index contributed by atoms with van der Waals surface area (Å²) < 4.78 is 33.8. The van der Waals surface area contributed by atoms with E-state index in [4.69, 9.17) is 4.74 Å². The molecule has 1 saturated heterocycles. The minimum absolute atomic E-state index is 0.0676. The molecule has 0 saturated carbocycles. The molecule has 1 heterocycles. The van der Waals surface area contributed by atoms with E-state index in [-0.39, 0.29) is 22.5 Å². The Kier molecular flexibility index (Phi) is 6.11. The van der Waals surface area contributed by atoms with Crippen molar-refractivity contribution in [1.29, 1.82) is 0 Å². The maximum atomic E-state index is 12.9. The molecule has 140 valence electrons. The van der Waals surface area contributed by atoms with Crippen LogP contribution in [0.3, 0.4) is 0 Å². The SMILES string of the molecule is COc1cc(C)c(C)cc1S(=O)(=O)N[C@H](C(=O)N1CCCC1)C(C)C. The van der Waals surface area contributed by atoms with Crippen LogP contribution in [-0.4, -0.2) is 45.5 Å². The van der Waals surface area contributed by atoms with E-state index in [1.54, 1.807) is 17.0 Å². The molecular formula is C18H28N2O4S. The number of carbonyl (C=O) groups excluding carboxylic acids is 1. The Labute approximate surface area is 150 Å². The van der Waals surface area contributed by atoms with Gasteiger partial charge in [-0.05, 0) is 55.9 Å². The molecule has 1 aromatic rings. The van der Waals surface area contributed by atoms with Crippen molar-refractivity contribution in [2.24, 2.45) is 5.92 Å². The third-order valence-corrected chi connectivity index (χ3v) is 6.16. The van der Waals surface area contributed by atoms with Crippen LogP contribution in [0.15, 0.2) is 17.0 Å². The molecule has 1 atom stereocenters. The van der Waals surface area contributed by atoms with Gasteiger partial charge in [-0.25, -0.2) is 8.42 Å². The van der Waals surface area contributed by atoms with Gasteiger partial charge in [0.05, 0.1) is 7.11 Å². The summed E-state index contributed by atoms with van der Waals surface area (Å²) in [6, 6.07) is 2.51. The number of aryl methyl sites for hydroxylation is 2. The average Bonchev–Trinajstić information content (AvgIpc) is 3.08. The molecule has 1 aliphatic heterocycles. The van der Waals surface area contributed by atoms with Crippen molar-refractivity contribution in [2.75, 3.05) is 20.2 Å². The van der Waals surface area contributed by atoms with Crippen molar-refractivity contribution < 1.29 is 17.9 Å². The van der Waals surface area contributed by atoms with E-state index in [2.05, 4.69) is 4.72 Å². The average molecular weight is 368 g/mol. The van der Waals surface area contributed by atoms with Gasteiger partial charge in [-0.15, -0.1) is 0 Å². The highest BCUT2D eigenvalue weighted by Gasteiger charge is 2.33. The van der Waals surface area contributed by atoms with Gasteiger partial charge >= 0.3 is 0 Å². The number of hydrogen-bond acceptors (Lipinski definition) is 4. The monoisotopic (exact) mass is 368 g/mol. The molecule has 6 nitrogen and oxygen atoms in total. The fraction of sp³-hybridized carbons (Fsp3) is 0.611. The van der Waals surface area contributed by atoms with Gasteiger partial charge < -0.3 is 9.64 Å². The smallest absolute Gasteiger partial charge is 0.244 e. The largest absolute Gasteiger partial charge is 0.495 e. The fourth-order valence-electron chi connectivity index (χ4n) is 2.97. The van der Waals surface area contributed by atoms with Crippen LogP contribution in [0, 0.1) is 19.8 Å². The molecule has 25 heavy (non-hydrogen) atoms. The zero-order valence-corrected chi connectivity index (χ0v) is 16.4. The van der Waals surface area contributed by atoms with E-state index in [1.165, 1.54) is 7.11 Å². The van der Waals surface area contributed by atoms with Crippen LogP contribution in [0.1, 0.15) is 37.8 Å². The summed E-state index contributed by atoms with van der Waals surface area (Å²) in [5.74, 6) is -0.0222. The lowest BCUT2D eigenvalue weighted by atomic mass is 10.0. The van der Waals surface area contributed by atoms with Crippen molar-refractivity contribution in [1.82, 2.24) is 9.62 Å². The Morgan fingerprint density at radius 3 is 2.24 bits per heavy atom. The number of ether oxygens (including phenoxy) is 1. The summed E-state index contributed by atoms with van der Waals surface area (Å²) in [6.07, 6.45) is 1.93. The molecule has 0 spiro atoms. The second-order valence-corrected chi connectivity index (χ2v) is 8.65. The second kappa shape index (κ2) is 7.74. The molecule has 1 N–H and O–H groups in total. The summed E-state index contributed by atoms with van der Waals surface area (Å²) >= 11 is 0. The normalized spacial score (nSPS) is 16.3. The first-order valence-electron chi connectivity index (χ1n) is 8.63. The minimum atomic E-state index is -3.88. The van der Waals surface area contributed by atoms with Gasteiger partial charge in [-0.1, -0.05) is 13.8 Å². The van der Waals surface area contributed by atoms with Crippen LogP contribution in [-0.2, 0) is 14.8 Å². The number of hydrogen-bond donors (Lipinski definition) is 1. The number of rotatable bonds is 6. The lowest BCUT2D eigenvalue weighted by molar-refractivity contribution is -0.132. The van der Waals surface area contributed by atoms with Crippen LogP contribution in [0.4, 0.5) is 0 Å². The number of carbonyl (C=O) groups is 1. The lowest BCUT2D eigenvalue weighted by Gasteiger charge is -2.27. The summed E-state index contributed by atoms with van der Waals surface area (Å²) in [6.45, 7) is 8.82. The summed E-state index contributed by atoms with van der Waals surface area (Å²) in [4.78, 5) is 14.5. The fourth-order valence-corrected chi connectivity index (χ4v) is 4.54. The minimum Gasteiger partial charge on any atom is -0.495 e. The van der Waals surface area contributed by atoms with Gasteiger partial charge in [0.1, 0.15) is 16.7 Å². The maximum absolute atomic E-state index is 12.9. The van der Waals surface area contributed by atoms with E-state index in [9.17, 15) is 13.2 Å². The highest BCUT2D eigenvalue weighted by molar-refractivity contribution is 7.89. The van der Waals surface area contributed by atoms with Gasteiger partial charge in [0.25, 0.3) is 0 Å². The van der Waals surface area contributed by atoms with Crippen LogP contribution < -0.4 is 9.46 Å². The second-order valence-electron chi connectivity index (χ2n) is 6.96. The molecule has 0 bridgehead atoms. The lowest BCUT2D eigenvalue weighted by Crippen LogP contribution is -2.50. The third-order valence-electron chi connectivity index (χ3n) is 4.70. The van der Waals surface area contributed by atoms with E-state index in [1.807, 2.05) is 27.7 Å².